The lowest BCUT2D eigenvalue weighted by atomic mass is 10.2. The number of hydrogen-bond donors (Lipinski definition) is 0. The lowest BCUT2D eigenvalue weighted by molar-refractivity contribution is 0.370. The average molecular weight is 333 g/mol. The Morgan fingerprint density at radius 1 is 1.10 bits per heavy atom. The third kappa shape index (κ3) is 3.06. The summed E-state index contributed by atoms with van der Waals surface area (Å²) in [4.78, 5) is 1.37. The van der Waals surface area contributed by atoms with Gasteiger partial charge in [0.1, 0.15) is 0 Å². The Morgan fingerprint density at radius 2 is 1.85 bits per heavy atom. The number of hydrogen-bond acceptors (Lipinski definition) is 4. The van der Waals surface area contributed by atoms with Crippen molar-refractivity contribution < 1.29 is 8.42 Å². The highest BCUT2D eigenvalue weighted by atomic mass is 32.2. The van der Waals surface area contributed by atoms with Crippen LogP contribution in [0.3, 0.4) is 0 Å². The highest BCUT2D eigenvalue weighted by Crippen LogP contribution is 2.37. The smallest absolute Gasteiger partial charge is 0.195 e. The third-order valence-electron chi connectivity index (χ3n) is 3.88. The molecule has 0 radical (unpaired) electrons. The normalized spacial score (nSPS) is 26.7. The summed E-state index contributed by atoms with van der Waals surface area (Å²) in [6.45, 7) is 2.68. The van der Waals surface area contributed by atoms with Crippen LogP contribution >= 0.6 is 23.1 Å². The van der Waals surface area contributed by atoms with Crippen LogP contribution in [-0.4, -0.2) is 49.0 Å². The topological polar surface area (TPSA) is 40.6 Å². The monoisotopic (exact) mass is 332 g/mol. The van der Waals surface area contributed by atoms with Crippen molar-refractivity contribution in [2.75, 3.05) is 31.9 Å². The summed E-state index contributed by atoms with van der Waals surface area (Å²) in [5.41, 5.74) is 0. The second-order valence-electron chi connectivity index (χ2n) is 5.18. The van der Waals surface area contributed by atoms with E-state index in [0.29, 0.717) is 31.4 Å². The number of nitrogens with zero attached hydrogens (tertiary/aromatic N) is 2. The van der Waals surface area contributed by atoms with E-state index in [0.717, 1.165) is 25.0 Å². The van der Waals surface area contributed by atoms with Gasteiger partial charge in [0.2, 0.25) is 0 Å². The van der Waals surface area contributed by atoms with Crippen molar-refractivity contribution in [2.24, 2.45) is 0 Å². The predicted octanol–water partition coefficient (Wildman–Crippen LogP) is 2.57. The van der Waals surface area contributed by atoms with E-state index in [1.807, 2.05) is 11.8 Å². The zero-order valence-electron chi connectivity index (χ0n) is 11.4. The molecule has 1 aromatic heterocycles. The van der Waals surface area contributed by atoms with E-state index >= 15 is 0 Å². The Morgan fingerprint density at radius 3 is 2.55 bits per heavy atom. The predicted molar refractivity (Wildman–Crippen MR) is 85.4 cm³/mol. The first kappa shape index (κ1) is 14.8. The zero-order chi connectivity index (χ0) is 14.0. The van der Waals surface area contributed by atoms with Crippen molar-refractivity contribution in [3.63, 3.8) is 0 Å². The first-order chi connectivity index (χ1) is 9.68. The molecule has 0 aliphatic carbocycles. The van der Waals surface area contributed by atoms with Crippen LogP contribution in [-0.2, 0) is 10.2 Å². The second kappa shape index (κ2) is 6.36. The molecule has 7 heteroatoms. The van der Waals surface area contributed by atoms with E-state index in [-0.39, 0.29) is 0 Å². The van der Waals surface area contributed by atoms with Crippen molar-refractivity contribution in [3.05, 3.63) is 22.4 Å². The Kier molecular flexibility index (Phi) is 4.72. The number of thiophene rings is 1. The van der Waals surface area contributed by atoms with Crippen molar-refractivity contribution in [2.45, 2.75) is 24.5 Å². The average Bonchev–Trinajstić information content (AvgIpc) is 3.08. The summed E-state index contributed by atoms with van der Waals surface area (Å²) >= 11 is 3.66. The molecule has 1 unspecified atom stereocenters. The fourth-order valence-corrected chi connectivity index (χ4v) is 6.82. The summed E-state index contributed by atoms with van der Waals surface area (Å²) in [6, 6.07) is 4.23. The lowest BCUT2D eigenvalue weighted by Crippen LogP contribution is -2.43. The quantitative estimate of drug-likeness (QED) is 0.854. The minimum atomic E-state index is -3.22. The van der Waals surface area contributed by atoms with E-state index in [9.17, 15) is 8.42 Å². The molecule has 0 aromatic carbocycles. The molecule has 2 saturated heterocycles. The molecule has 0 bridgehead atoms. The molecule has 0 spiro atoms. The van der Waals surface area contributed by atoms with Gasteiger partial charge in [-0.25, -0.2) is 0 Å². The van der Waals surface area contributed by atoms with Gasteiger partial charge in [0.15, 0.2) is 0 Å². The first-order valence-electron chi connectivity index (χ1n) is 7.08. The van der Waals surface area contributed by atoms with E-state index in [1.54, 1.807) is 19.9 Å². The Bertz CT molecular complexity index is 524. The van der Waals surface area contributed by atoms with Crippen LogP contribution in [0.4, 0.5) is 0 Å². The van der Waals surface area contributed by atoms with Gasteiger partial charge in [0.05, 0.1) is 0 Å². The van der Waals surface area contributed by atoms with Gasteiger partial charge >= 0.3 is 0 Å². The van der Waals surface area contributed by atoms with E-state index in [2.05, 4.69) is 17.5 Å². The molecule has 2 aliphatic rings. The van der Waals surface area contributed by atoms with E-state index in [4.69, 9.17) is 0 Å². The molecule has 0 N–H and O–H groups in total. The van der Waals surface area contributed by atoms with Crippen LogP contribution in [0.1, 0.15) is 29.4 Å². The lowest BCUT2D eigenvalue weighted by Gasteiger charge is -2.25. The van der Waals surface area contributed by atoms with Crippen LogP contribution in [0.25, 0.3) is 0 Å². The summed E-state index contributed by atoms with van der Waals surface area (Å²) < 4.78 is 28.5. The maximum Gasteiger partial charge on any atom is 0.282 e. The Labute approximate surface area is 129 Å². The first-order valence-corrected chi connectivity index (χ1v) is 10.4. The van der Waals surface area contributed by atoms with Crippen LogP contribution in [0.5, 0.6) is 0 Å². The Balaban J connectivity index is 1.68. The Hall–Kier alpha value is -0.0800. The highest BCUT2D eigenvalue weighted by molar-refractivity contribution is 7.99. The number of rotatable bonds is 3. The van der Waals surface area contributed by atoms with Gasteiger partial charge in [-0.05, 0) is 30.7 Å². The van der Waals surface area contributed by atoms with Crippen LogP contribution < -0.4 is 0 Å². The minimum absolute atomic E-state index is 0.453. The van der Waals surface area contributed by atoms with Crippen LogP contribution in [0, 0.1) is 0 Å². The molecule has 112 valence electrons. The maximum absolute atomic E-state index is 12.6. The summed E-state index contributed by atoms with van der Waals surface area (Å²) in [7, 11) is -3.22. The van der Waals surface area contributed by atoms with Gasteiger partial charge in [0, 0.05) is 42.1 Å². The molecule has 4 nitrogen and oxygen atoms in total. The molecular weight excluding hydrogens is 312 g/mol. The van der Waals surface area contributed by atoms with Gasteiger partial charge in [-0.3, -0.25) is 0 Å². The highest BCUT2D eigenvalue weighted by Gasteiger charge is 2.33. The molecule has 0 amide bonds. The van der Waals surface area contributed by atoms with Crippen LogP contribution in [0.15, 0.2) is 17.5 Å². The van der Waals surface area contributed by atoms with Gasteiger partial charge in [0.25, 0.3) is 10.2 Å². The summed E-state index contributed by atoms with van der Waals surface area (Å²) in [6.07, 6.45) is 2.91. The molecule has 2 fully saturated rings. The van der Waals surface area contributed by atoms with Gasteiger partial charge in [-0.15, -0.1) is 11.3 Å². The summed E-state index contributed by atoms with van der Waals surface area (Å²) in [5.74, 6) is 0.885. The van der Waals surface area contributed by atoms with Crippen LogP contribution in [0.2, 0.25) is 0 Å². The number of thioether (sulfide) groups is 1. The molecule has 1 aromatic rings. The standard InChI is InChI=1S/C13H20N2O2S3/c16-20(17,14-6-1-2-7-14)15-8-5-13(19-11-9-15)12-4-3-10-18-12/h3-4,10,13H,1-2,5-9,11H2. The molecule has 20 heavy (non-hydrogen) atoms. The SMILES string of the molecule is O=S(=O)(N1CCCC1)N1CCSC(c2cccs2)CC1. The van der Waals surface area contributed by atoms with Gasteiger partial charge in [-0.2, -0.15) is 28.8 Å². The van der Waals surface area contributed by atoms with Gasteiger partial charge < -0.3 is 0 Å². The van der Waals surface area contributed by atoms with Crippen molar-refractivity contribution in [1.29, 1.82) is 0 Å². The maximum atomic E-state index is 12.6. The van der Waals surface area contributed by atoms with E-state index < -0.39 is 10.2 Å². The van der Waals surface area contributed by atoms with Gasteiger partial charge in [-0.1, -0.05) is 6.07 Å². The molecule has 0 saturated carbocycles. The molecule has 2 aliphatic heterocycles. The minimum Gasteiger partial charge on any atom is -0.195 e. The third-order valence-corrected chi connectivity index (χ3v) is 8.36. The fourth-order valence-electron chi connectivity index (χ4n) is 2.76. The molecule has 3 rings (SSSR count). The van der Waals surface area contributed by atoms with Crippen molar-refractivity contribution in [1.82, 2.24) is 8.61 Å². The van der Waals surface area contributed by atoms with Crippen molar-refractivity contribution in [3.8, 4) is 0 Å². The summed E-state index contributed by atoms with van der Waals surface area (Å²) in [5, 5.41) is 2.55. The van der Waals surface area contributed by atoms with E-state index in [1.165, 1.54) is 4.88 Å². The van der Waals surface area contributed by atoms with Crippen molar-refractivity contribution >= 4 is 33.3 Å². The molecule has 1 atom stereocenters. The molecule has 3 heterocycles. The largest absolute Gasteiger partial charge is 0.282 e. The molecular formula is C13H20N2O2S3. The fraction of sp³-hybridized carbons (Fsp3) is 0.692. The zero-order valence-corrected chi connectivity index (χ0v) is 13.9. The second-order valence-corrected chi connectivity index (χ2v) is 9.39.